The normalized spacial score (nSPS) is 14.5. The van der Waals surface area contributed by atoms with Crippen LogP contribution in [0.4, 0.5) is 11.5 Å². The number of anilines is 2. The number of hydrogen-bond acceptors (Lipinski definition) is 10. The zero-order valence-corrected chi connectivity index (χ0v) is 23.8. The van der Waals surface area contributed by atoms with E-state index in [4.69, 9.17) is 35.3 Å². The minimum absolute atomic E-state index is 0.0606. The standard InChI is InChI=1S/C29H32ClN5O6/c1-37-12-4-3-6-20-14-22(30)26(28-27(20)40-19-41-28)33-29-21-15-24(38-2)25(16-23(21)31-17-32-29)39-13-5-7-34-8-10-35(18-36)11-9-34/h14-18H,4-5,7-13,19H2,1-2H3,(H,31,32,33). The molecule has 3 aromatic rings. The highest BCUT2D eigenvalue weighted by Crippen LogP contribution is 2.47. The molecule has 0 aliphatic carbocycles. The fourth-order valence-corrected chi connectivity index (χ4v) is 4.92. The molecule has 1 fully saturated rings. The highest BCUT2D eigenvalue weighted by Gasteiger charge is 2.25. The molecule has 3 heterocycles. The van der Waals surface area contributed by atoms with Gasteiger partial charge in [0.25, 0.3) is 0 Å². The third-order valence-electron chi connectivity index (χ3n) is 6.84. The van der Waals surface area contributed by atoms with Gasteiger partial charge in [0.05, 0.1) is 36.4 Å². The van der Waals surface area contributed by atoms with Gasteiger partial charge in [0, 0.05) is 57.7 Å². The highest BCUT2D eigenvalue weighted by atomic mass is 35.5. The number of nitrogens with zero attached hydrogens (tertiary/aromatic N) is 4. The van der Waals surface area contributed by atoms with Crippen molar-refractivity contribution in [3.05, 3.63) is 35.1 Å². The van der Waals surface area contributed by atoms with E-state index in [1.807, 2.05) is 12.1 Å². The summed E-state index contributed by atoms with van der Waals surface area (Å²) in [6, 6.07) is 5.43. The van der Waals surface area contributed by atoms with Crippen molar-refractivity contribution in [2.75, 3.05) is 72.3 Å². The summed E-state index contributed by atoms with van der Waals surface area (Å²) in [7, 11) is 3.23. The summed E-state index contributed by atoms with van der Waals surface area (Å²) in [5.74, 6) is 8.83. The quantitative estimate of drug-likeness (QED) is 0.205. The maximum atomic E-state index is 10.9. The van der Waals surface area contributed by atoms with Crippen LogP contribution >= 0.6 is 11.6 Å². The van der Waals surface area contributed by atoms with Crippen molar-refractivity contribution in [2.45, 2.75) is 12.8 Å². The predicted octanol–water partition coefficient (Wildman–Crippen LogP) is 3.70. The SMILES string of the molecule is COCCC#Cc1cc(Cl)c(Nc2ncnc3cc(OCCCN4CCN(C=O)CC4)c(OC)cc23)c2c1OCO2. The molecule has 0 bridgehead atoms. The van der Waals surface area contributed by atoms with Gasteiger partial charge in [-0.15, -0.1) is 0 Å². The van der Waals surface area contributed by atoms with Crippen LogP contribution in [0.25, 0.3) is 10.9 Å². The third-order valence-corrected chi connectivity index (χ3v) is 7.14. The molecule has 1 N–H and O–H groups in total. The molecule has 2 aliphatic heterocycles. The number of nitrogens with one attached hydrogen (secondary N) is 1. The van der Waals surface area contributed by atoms with Gasteiger partial charge in [-0.25, -0.2) is 9.97 Å². The maximum Gasteiger partial charge on any atom is 0.231 e. The van der Waals surface area contributed by atoms with Crippen molar-refractivity contribution in [3.63, 3.8) is 0 Å². The summed E-state index contributed by atoms with van der Waals surface area (Å²) in [5.41, 5.74) is 1.84. The van der Waals surface area contributed by atoms with E-state index in [0.717, 1.165) is 50.9 Å². The van der Waals surface area contributed by atoms with Crippen molar-refractivity contribution in [1.82, 2.24) is 19.8 Å². The van der Waals surface area contributed by atoms with Gasteiger partial charge in [-0.05, 0) is 18.6 Å². The Labute approximate surface area is 243 Å². The first kappa shape index (κ1) is 28.5. The fourth-order valence-electron chi connectivity index (χ4n) is 4.67. The lowest BCUT2D eigenvalue weighted by Gasteiger charge is -2.32. The molecule has 0 saturated carbocycles. The Morgan fingerprint density at radius 1 is 1.07 bits per heavy atom. The highest BCUT2D eigenvalue weighted by molar-refractivity contribution is 6.34. The molecule has 1 aromatic heterocycles. The van der Waals surface area contributed by atoms with Crippen LogP contribution in [0.1, 0.15) is 18.4 Å². The molecular formula is C29H32ClN5O6. The molecule has 0 radical (unpaired) electrons. The number of fused-ring (bicyclic) bond motifs is 2. The molecule has 1 saturated heterocycles. The van der Waals surface area contributed by atoms with Gasteiger partial charge in [0.1, 0.15) is 17.8 Å². The second kappa shape index (κ2) is 13.6. The molecule has 1 amide bonds. The van der Waals surface area contributed by atoms with Crippen LogP contribution < -0.4 is 24.3 Å². The van der Waals surface area contributed by atoms with E-state index < -0.39 is 0 Å². The summed E-state index contributed by atoms with van der Waals surface area (Å²) in [6.07, 6.45) is 3.82. The van der Waals surface area contributed by atoms with E-state index in [-0.39, 0.29) is 6.79 Å². The second-order valence-electron chi connectivity index (χ2n) is 9.44. The lowest BCUT2D eigenvalue weighted by atomic mass is 10.1. The van der Waals surface area contributed by atoms with Crippen molar-refractivity contribution in [2.24, 2.45) is 0 Å². The molecule has 2 aromatic carbocycles. The van der Waals surface area contributed by atoms with Gasteiger partial charge in [-0.1, -0.05) is 23.4 Å². The van der Waals surface area contributed by atoms with E-state index in [1.165, 1.54) is 6.33 Å². The number of halogens is 1. The van der Waals surface area contributed by atoms with E-state index in [0.29, 0.717) is 70.2 Å². The summed E-state index contributed by atoms with van der Waals surface area (Å²) in [5, 5.41) is 4.44. The number of rotatable bonds is 11. The zero-order chi connectivity index (χ0) is 28.6. The van der Waals surface area contributed by atoms with E-state index in [9.17, 15) is 4.79 Å². The number of ether oxygens (including phenoxy) is 5. The summed E-state index contributed by atoms with van der Waals surface area (Å²) >= 11 is 6.68. The van der Waals surface area contributed by atoms with Gasteiger partial charge < -0.3 is 33.9 Å². The van der Waals surface area contributed by atoms with Crippen LogP contribution in [0.2, 0.25) is 5.02 Å². The maximum absolute atomic E-state index is 10.9. The Morgan fingerprint density at radius 2 is 1.90 bits per heavy atom. The second-order valence-corrected chi connectivity index (χ2v) is 9.85. The summed E-state index contributed by atoms with van der Waals surface area (Å²) in [4.78, 5) is 24.0. The first-order chi connectivity index (χ1) is 20.1. The van der Waals surface area contributed by atoms with Crippen LogP contribution in [0, 0.1) is 11.8 Å². The smallest absolute Gasteiger partial charge is 0.231 e. The number of benzene rings is 2. The first-order valence-electron chi connectivity index (χ1n) is 13.4. The van der Waals surface area contributed by atoms with Gasteiger partial charge >= 0.3 is 0 Å². The molecular weight excluding hydrogens is 550 g/mol. The monoisotopic (exact) mass is 581 g/mol. The topological polar surface area (TPSA) is 108 Å². The average Bonchev–Trinajstić information content (AvgIpc) is 3.49. The fraction of sp³-hybridized carbons (Fsp3) is 0.414. The summed E-state index contributed by atoms with van der Waals surface area (Å²) in [6.45, 7) is 5.29. The van der Waals surface area contributed by atoms with Crippen molar-refractivity contribution < 1.29 is 28.5 Å². The minimum atomic E-state index is 0.0606. The van der Waals surface area contributed by atoms with Crippen molar-refractivity contribution >= 4 is 40.4 Å². The summed E-state index contributed by atoms with van der Waals surface area (Å²) < 4.78 is 28.3. The third kappa shape index (κ3) is 6.68. The van der Waals surface area contributed by atoms with Crippen LogP contribution in [-0.2, 0) is 9.53 Å². The molecule has 0 atom stereocenters. The Balaban J connectivity index is 1.31. The van der Waals surface area contributed by atoms with Gasteiger partial charge in [0.2, 0.25) is 13.2 Å². The number of piperazine rings is 1. The number of amides is 1. The number of carbonyl (C=O) groups is 1. The molecule has 0 spiro atoms. The van der Waals surface area contributed by atoms with Crippen LogP contribution in [0.15, 0.2) is 24.5 Å². The molecule has 0 unspecified atom stereocenters. The molecule has 11 nitrogen and oxygen atoms in total. The first-order valence-corrected chi connectivity index (χ1v) is 13.7. The van der Waals surface area contributed by atoms with Gasteiger partial charge in [-0.3, -0.25) is 9.69 Å². The minimum Gasteiger partial charge on any atom is -0.493 e. The molecule has 12 heteroatoms. The number of aromatic nitrogens is 2. The molecule has 216 valence electrons. The van der Waals surface area contributed by atoms with Crippen LogP contribution in [-0.4, -0.2) is 93.1 Å². The van der Waals surface area contributed by atoms with Crippen molar-refractivity contribution in [3.8, 4) is 34.8 Å². The van der Waals surface area contributed by atoms with Crippen LogP contribution in [0.5, 0.6) is 23.0 Å². The Kier molecular flexibility index (Phi) is 9.46. The Morgan fingerprint density at radius 3 is 2.68 bits per heavy atom. The number of hydrogen-bond donors (Lipinski definition) is 1. The number of methoxy groups -OCH3 is 2. The Bertz CT molecular complexity index is 1450. The zero-order valence-electron chi connectivity index (χ0n) is 23.1. The molecule has 5 rings (SSSR count). The lowest BCUT2D eigenvalue weighted by molar-refractivity contribution is -0.119. The van der Waals surface area contributed by atoms with Gasteiger partial charge in [0.15, 0.2) is 23.0 Å². The molecule has 41 heavy (non-hydrogen) atoms. The van der Waals surface area contributed by atoms with E-state index >= 15 is 0 Å². The largest absolute Gasteiger partial charge is 0.493 e. The number of carbonyl (C=O) groups excluding carboxylic acids is 1. The predicted molar refractivity (Wildman–Crippen MR) is 155 cm³/mol. The van der Waals surface area contributed by atoms with E-state index in [2.05, 4.69) is 32.0 Å². The lowest BCUT2D eigenvalue weighted by Crippen LogP contribution is -2.46. The van der Waals surface area contributed by atoms with Crippen molar-refractivity contribution in [1.29, 1.82) is 0 Å². The molecule has 2 aliphatic rings. The Hall–Kier alpha value is -3.98. The van der Waals surface area contributed by atoms with Gasteiger partial charge in [-0.2, -0.15) is 0 Å². The van der Waals surface area contributed by atoms with Crippen LogP contribution in [0.3, 0.4) is 0 Å². The average molecular weight is 582 g/mol. The van der Waals surface area contributed by atoms with E-state index in [1.54, 1.807) is 25.2 Å².